The summed E-state index contributed by atoms with van der Waals surface area (Å²) in [4.78, 5) is 10.7. The van der Waals surface area contributed by atoms with Gasteiger partial charge in [-0.2, -0.15) is 0 Å². The molecule has 1 aromatic heterocycles. The summed E-state index contributed by atoms with van der Waals surface area (Å²) in [6, 6.07) is 3.72. The molecule has 1 aliphatic rings. The summed E-state index contributed by atoms with van der Waals surface area (Å²) in [6.07, 6.45) is 2.01. The van der Waals surface area contributed by atoms with Crippen LogP contribution in [-0.2, 0) is 0 Å². The number of nitrogens with zero attached hydrogens (tertiary/aromatic N) is 3. The van der Waals surface area contributed by atoms with Crippen molar-refractivity contribution in [3.05, 3.63) is 18.5 Å². The fourth-order valence-corrected chi connectivity index (χ4v) is 2.56. The number of aromatic nitrogens is 2. The Kier molecular flexibility index (Phi) is 3.31. The van der Waals surface area contributed by atoms with Gasteiger partial charge in [-0.25, -0.2) is 9.97 Å². The Labute approximate surface area is 117 Å². The number of ether oxygens (including phenoxy) is 2. The molecule has 20 heavy (non-hydrogen) atoms. The number of aliphatic hydroxyl groups excluding tert-OH is 1. The summed E-state index contributed by atoms with van der Waals surface area (Å²) < 4.78 is 10.6. The Hall–Kier alpha value is -2.08. The molecule has 0 spiro atoms. The summed E-state index contributed by atoms with van der Waals surface area (Å²) in [5.41, 5.74) is 0.800. The van der Waals surface area contributed by atoms with E-state index in [1.54, 1.807) is 14.2 Å². The first-order valence-electron chi connectivity index (χ1n) is 6.52. The number of fused-ring (bicyclic) bond motifs is 1. The minimum atomic E-state index is -0.292. The van der Waals surface area contributed by atoms with Crippen LogP contribution in [0.2, 0.25) is 0 Å². The predicted octanol–water partition coefficient (Wildman–Crippen LogP) is 1.22. The zero-order valence-electron chi connectivity index (χ0n) is 11.5. The summed E-state index contributed by atoms with van der Waals surface area (Å²) in [7, 11) is 3.20. The van der Waals surface area contributed by atoms with E-state index in [1.165, 1.54) is 6.33 Å². The van der Waals surface area contributed by atoms with Crippen molar-refractivity contribution in [1.82, 2.24) is 9.97 Å². The van der Waals surface area contributed by atoms with E-state index in [0.29, 0.717) is 18.0 Å². The largest absolute Gasteiger partial charge is 0.493 e. The summed E-state index contributed by atoms with van der Waals surface area (Å²) >= 11 is 0. The van der Waals surface area contributed by atoms with Crippen molar-refractivity contribution in [3.8, 4) is 11.5 Å². The zero-order valence-corrected chi connectivity index (χ0v) is 11.5. The molecule has 2 aromatic rings. The van der Waals surface area contributed by atoms with E-state index in [9.17, 15) is 5.11 Å². The number of hydrogen-bond acceptors (Lipinski definition) is 6. The third-order valence-electron chi connectivity index (χ3n) is 3.58. The average Bonchev–Trinajstić information content (AvgIpc) is 2.91. The van der Waals surface area contributed by atoms with Gasteiger partial charge in [-0.05, 0) is 12.5 Å². The second kappa shape index (κ2) is 5.13. The highest BCUT2D eigenvalue weighted by molar-refractivity contribution is 5.92. The Morgan fingerprint density at radius 3 is 2.60 bits per heavy atom. The van der Waals surface area contributed by atoms with Crippen LogP contribution >= 0.6 is 0 Å². The van der Waals surface area contributed by atoms with Gasteiger partial charge in [0.05, 0.1) is 25.8 Å². The van der Waals surface area contributed by atoms with Crippen molar-refractivity contribution in [1.29, 1.82) is 0 Å². The van der Waals surface area contributed by atoms with Gasteiger partial charge in [0.15, 0.2) is 11.5 Å². The minimum absolute atomic E-state index is 0.292. The van der Waals surface area contributed by atoms with Crippen LogP contribution in [0.4, 0.5) is 5.82 Å². The molecule has 1 atom stereocenters. The quantitative estimate of drug-likeness (QED) is 0.908. The third-order valence-corrected chi connectivity index (χ3v) is 3.58. The van der Waals surface area contributed by atoms with E-state index in [1.807, 2.05) is 12.1 Å². The van der Waals surface area contributed by atoms with Crippen LogP contribution in [0, 0.1) is 0 Å². The minimum Gasteiger partial charge on any atom is -0.493 e. The molecular weight excluding hydrogens is 258 g/mol. The predicted molar refractivity (Wildman–Crippen MR) is 75.5 cm³/mol. The lowest BCUT2D eigenvalue weighted by Gasteiger charge is -2.19. The molecule has 3 rings (SSSR count). The van der Waals surface area contributed by atoms with E-state index < -0.39 is 0 Å². The maximum atomic E-state index is 9.69. The molecule has 106 valence electrons. The lowest BCUT2D eigenvalue weighted by molar-refractivity contribution is 0.198. The molecule has 1 fully saturated rings. The summed E-state index contributed by atoms with van der Waals surface area (Å²) in [5, 5.41) is 10.6. The van der Waals surface area contributed by atoms with E-state index in [4.69, 9.17) is 9.47 Å². The lowest BCUT2D eigenvalue weighted by Crippen LogP contribution is -2.22. The SMILES string of the molecule is COc1cc2ncnc(N3CCC(O)C3)c2cc1OC. The molecule has 1 aliphatic heterocycles. The topological polar surface area (TPSA) is 67.7 Å². The van der Waals surface area contributed by atoms with Crippen LogP contribution in [0.3, 0.4) is 0 Å². The monoisotopic (exact) mass is 275 g/mol. The van der Waals surface area contributed by atoms with Crippen molar-refractivity contribution in [2.45, 2.75) is 12.5 Å². The number of rotatable bonds is 3. The second-order valence-corrected chi connectivity index (χ2v) is 4.81. The molecule has 0 bridgehead atoms. The first-order chi connectivity index (χ1) is 9.72. The fourth-order valence-electron chi connectivity index (χ4n) is 2.56. The van der Waals surface area contributed by atoms with Crippen molar-refractivity contribution in [2.24, 2.45) is 0 Å². The van der Waals surface area contributed by atoms with E-state index in [0.717, 1.165) is 29.7 Å². The van der Waals surface area contributed by atoms with Crippen molar-refractivity contribution in [2.75, 3.05) is 32.2 Å². The molecule has 0 amide bonds. The fraction of sp³-hybridized carbons (Fsp3) is 0.429. The highest BCUT2D eigenvalue weighted by Gasteiger charge is 2.23. The van der Waals surface area contributed by atoms with Gasteiger partial charge in [0.25, 0.3) is 0 Å². The van der Waals surface area contributed by atoms with Gasteiger partial charge >= 0.3 is 0 Å². The molecule has 1 saturated heterocycles. The Balaban J connectivity index is 2.13. The van der Waals surface area contributed by atoms with E-state index in [-0.39, 0.29) is 6.10 Å². The molecule has 1 aromatic carbocycles. The molecule has 2 heterocycles. The normalized spacial score (nSPS) is 18.6. The number of aliphatic hydroxyl groups is 1. The molecule has 0 saturated carbocycles. The maximum absolute atomic E-state index is 9.69. The van der Waals surface area contributed by atoms with Gasteiger partial charge < -0.3 is 19.5 Å². The highest BCUT2D eigenvalue weighted by Crippen LogP contribution is 2.35. The van der Waals surface area contributed by atoms with Gasteiger partial charge in [-0.15, -0.1) is 0 Å². The van der Waals surface area contributed by atoms with Crippen LogP contribution in [0.5, 0.6) is 11.5 Å². The Bertz CT molecular complexity index is 632. The van der Waals surface area contributed by atoms with Crippen LogP contribution in [0.15, 0.2) is 18.5 Å². The Morgan fingerprint density at radius 2 is 1.95 bits per heavy atom. The van der Waals surface area contributed by atoms with Crippen molar-refractivity contribution in [3.63, 3.8) is 0 Å². The Morgan fingerprint density at radius 1 is 1.20 bits per heavy atom. The smallest absolute Gasteiger partial charge is 0.162 e. The number of benzene rings is 1. The first kappa shape index (κ1) is 12.9. The molecule has 6 nitrogen and oxygen atoms in total. The lowest BCUT2D eigenvalue weighted by atomic mass is 10.2. The standard InChI is InChI=1S/C14H17N3O3/c1-19-12-5-10-11(6-13(12)20-2)15-8-16-14(10)17-4-3-9(18)7-17/h5-6,8-9,18H,3-4,7H2,1-2H3. The van der Waals surface area contributed by atoms with Gasteiger partial charge in [0.1, 0.15) is 12.1 Å². The third kappa shape index (κ3) is 2.12. The highest BCUT2D eigenvalue weighted by atomic mass is 16.5. The van der Waals surface area contributed by atoms with Crippen LogP contribution < -0.4 is 14.4 Å². The van der Waals surface area contributed by atoms with Crippen LogP contribution in [0.25, 0.3) is 10.9 Å². The van der Waals surface area contributed by atoms with Crippen molar-refractivity contribution >= 4 is 16.7 Å². The van der Waals surface area contributed by atoms with Crippen molar-refractivity contribution < 1.29 is 14.6 Å². The molecule has 1 unspecified atom stereocenters. The zero-order chi connectivity index (χ0) is 14.1. The summed E-state index contributed by atoms with van der Waals surface area (Å²) in [5.74, 6) is 2.12. The van der Waals surface area contributed by atoms with E-state index >= 15 is 0 Å². The van der Waals surface area contributed by atoms with Gasteiger partial charge in [-0.1, -0.05) is 0 Å². The van der Waals surface area contributed by atoms with Crippen LogP contribution in [0.1, 0.15) is 6.42 Å². The second-order valence-electron chi connectivity index (χ2n) is 4.81. The molecular formula is C14H17N3O3. The van der Waals surface area contributed by atoms with E-state index in [2.05, 4.69) is 14.9 Å². The van der Waals surface area contributed by atoms with Crippen LogP contribution in [-0.4, -0.2) is 48.5 Å². The number of anilines is 1. The molecule has 6 heteroatoms. The van der Waals surface area contributed by atoms with Gasteiger partial charge in [0, 0.05) is 24.5 Å². The average molecular weight is 275 g/mol. The van der Waals surface area contributed by atoms with Gasteiger partial charge in [0.2, 0.25) is 0 Å². The number of β-amino-alcohol motifs (C(OH)–C–C–N with tert-alkyl or cyclic N) is 1. The number of hydrogen-bond donors (Lipinski definition) is 1. The summed E-state index contributed by atoms with van der Waals surface area (Å²) in [6.45, 7) is 1.39. The molecule has 0 radical (unpaired) electrons. The van der Waals surface area contributed by atoms with Gasteiger partial charge in [-0.3, -0.25) is 0 Å². The molecule has 1 N–H and O–H groups in total. The first-order valence-corrected chi connectivity index (χ1v) is 6.52. The maximum Gasteiger partial charge on any atom is 0.162 e. The molecule has 0 aliphatic carbocycles. The number of methoxy groups -OCH3 is 2.